The zero-order valence-electron chi connectivity index (χ0n) is 23.4. The SMILES string of the molecule is CC(=O)OCC1OC(Oc2ccc(C(=O)N[C@@H](C)c3ccccc3)cc2)C(OC(C)=O)C(OC(C)=O)C1OC(C)=O. The zero-order valence-corrected chi connectivity index (χ0v) is 23.4. The van der Waals surface area contributed by atoms with Crippen molar-refractivity contribution in [1.82, 2.24) is 5.32 Å². The second-order valence-corrected chi connectivity index (χ2v) is 9.32. The summed E-state index contributed by atoms with van der Waals surface area (Å²) in [5, 5.41) is 2.92. The minimum atomic E-state index is -1.38. The highest BCUT2D eigenvalue weighted by Crippen LogP contribution is 2.31. The summed E-state index contributed by atoms with van der Waals surface area (Å²) in [6.07, 6.45) is -6.55. The number of carbonyl (C=O) groups excluding carboxylic acids is 5. The second kappa shape index (κ2) is 14.3. The molecule has 12 heteroatoms. The number of hydrogen-bond donors (Lipinski definition) is 1. The standard InChI is InChI=1S/C29H33NO11/c1-16(21-9-7-6-8-10-21)30-28(35)22-11-13-23(14-12-22)40-29-27(39-20(5)34)26(38-19(4)33)25(37-18(3)32)24(41-29)15-36-17(2)31/h6-14,16,24-27,29H,15H2,1-5H3,(H,30,35)/t16-,24?,25?,26?,27?,29?/m0/s1. The summed E-state index contributed by atoms with van der Waals surface area (Å²) < 4.78 is 33.1. The third-order valence-corrected chi connectivity index (χ3v) is 5.96. The van der Waals surface area contributed by atoms with Crippen LogP contribution in [0.1, 0.15) is 56.6 Å². The molecule has 1 saturated heterocycles. The minimum Gasteiger partial charge on any atom is -0.463 e. The number of hydrogen-bond acceptors (Lipinski definition) is 11. The van der Waals surface area contributed by atoms with Gasteiger partial charge in [0, 0.05) is 33.3 Å². The van der Waals surface area contributed by atoms with Crippen molar-refractivity contribution in [2.45, 2.75) is 71.4 Å². The average molecular weight is 572 g/mol. The lowest BCUT2D eigenvalue weighted by Gasteiger charge is -2.43. The fourth-order valence-corrected chi connectivity index (χ4v) is 4.21. The molecule has 1 aliphatic heterocycles. The molecule has 220 valence electrons. The molecule has 0 spiro atoms. The van der Waals surface area contributed by atoms with Gasteiger partial charge in [-0.3, -0.25) is 24.0 Å². The van der Waals surface area contributed by atoms with Crippen LogP contribution in [0.2, 0.25) is 0 Å². The van der Waals surface area contributed by atoms with Crippen LogP contribution in [-0.4, -0.2) is 67.1 Å². The van der Waals surface area contributed by atoms with Gasteiger partial charge in [0.05, 0.1) is 6.04 Å². The van der Waals surface area contributed by atoms with Crippen LogP contribution in [0.25, 0.3) is 0 Å². The first kappa shape index (κ1) is 31.1. The Labute approximate surface area is 237 Å². The Morgan fingerprint density at radius 2 is 1.32 bits per heavy atom. The Kier molecular flexibility index (Phi) is 10.8. The first-order valence-electron chi connectivity index (χ1n) is 12.9. The third kappa shape index (κ3) is 9.04. The van der Waals surface area contributed by atoms with Gasteiger partial charge in [0.2, 0.25) is 12.4 Å². The summed E-state index contributed by atoms with van der Waals surface area (Å²) in [6, 6.07) is 15.4. The quantitative estimate of drug-likeness (QED) is 0.331. The van der Waals surface area contributed by atoms with Gasteiger partial charge >= 0.3 is 23.9 Å². The van der Waals surface area contributed by atoms with Crippen LogP contribution in [0, 0.1) is 0 Å². The van der Waals surface area contributed by atoms with Gasteiger partial charge in [-0.25, -0.2) is 0 Å². The predicted octanol–water partition coefficient (Wildman–Crippen LogP) is 2.64. The summed E-state index contributed by atoms with van der Waals surface area (Å²) in [7, 11) is 0. The Morgan fingerprint density at radius 3 is 1.88 bits per heavy atom. The summed E-state index contributed by atoms with van der Waals surface area (Å²) in [4.78, 5) is 60.1. The van der Waals surface area contributed by atoms with Crippen LogP contribution in [0.15, 0.2) is 54.6 Å². The Morgan fingerprint density at radius 1 is 0.756 bits per heavy atom. The van der Waals surface area contributed by atoms with E-state index in [4.69, 9.17) is 28.4 Å². The summed E-state index contributed by atoms with van der Waals surface area (Å²) >= 11 is 0. The monoisotopic (exact) mass is 571 g/mol. The number of ether oxygens (including phenoxy) is 6. The third-order valence-electron chi connectivity index (χ3n) is 5.96. The fourth-order valence-electron chi connectivity index (χ4n) is 4.21. The maximum Gasteiger partial charge on any atom is 0.303 e. The highest BCUT2D eigenvalue weighted by molar-refractivity contribution is 5.94. The van der Waals surface area contributed by atoms with E-state index in [0.29, 0.717) is 5.56 Å². The molecular formula is C29H33NO11. The summed E-state index contributed by atoms with van der Waals surface area (Å²) in [5.74, 6) is -2.95. The molecule has 3 rings (SSSR count). The van der Waals surface area contributed by atoms with Crippen molar-refractivity contribution in [3.63, 3.8) is 0 Å². The fraction of sp³-hybridized carbons (Fsp3) is 0.414. The van der Waals surface area contributed by atoms with E-state index >= 15 is 0 Å². The maximum atomic E-state index is 12.8. The second-order valence-electron chi connectivity index (χ2n) is 9.32. The van der Waals surface area contributed by atoms with Gasteiger partial charge in [0.25, 0.3) is 5.91 Å². The van der Waals surface area contributed by atoms with Crippen LogP contribution in [0.3, 0.4) is 0 Å². The molecule has 5 unspecified atom stereocenters. The molecule has 0 radical (unpaired) electrons. The van der Waals surface area contributed by atoms with E-state index in [0.717, 1.165) is 26.3 Å². The minimum absolute atomic E-state index is 0.221. The van der Waals surface area contributed by atoms with Crippen molar-refractivity contribution in [1.29, 1.82) is 0 Å². The number of esters is 4. The van der Waals surface area contributed by atoms with Crippen molar-refractivity contribution >= 4 is 29.8 Å². The molecule has 12 nitrogen and oxygen atoms in total. The molecule has 2 aromatic carbocycles. The maximum absolute atomic E-state index is 12.8. The van der Waals surface area contributed by atoms with Crippen LogP contribution >= 0.6 is 0 Å². The number of nitrogens with one attached hydrogen (secondary N) is 1. The van der Waals surface area contributed by atoms with Crippen molar-refractivity contribution in [2.75, 3.05) is 6.61 Å². The number of carbonyl (C=O) groups is 5. The Balaban J connectivity index is 1.84. The van der Waals surface area contributed by atoms with E-state index in [1.807, 2.05) is 37.3 Å². The van der Waals surface area contributed by atoms with E-state index in [2.05, 4.69) is 5.32 Å². The summed E-state index contributed by atoms with van der Waals surface area (Å²) in [5.41, 5.74) is 1.31. The van der Waals surface area contributed by atoms with E-state index < -0.39 is 54.6 Å². The lowest BCUT2D eigenvalue weighted by Crippen LogP contribution is -2.63. The van der Waals surface area contributed by atoms with Gasteiger partial charge in [-0.1, -0.05) is 30.3 Å². The molecule has 1 fully saturated rings. The van der Waals surface area contributed by atoms with Crippen LogP contribution in [0.4, 0.5) is 0 Å². The first-order chi connectivity index (χ1) is 19.4. The van der Waals surface area contributed by atoms with Crippen molar-refractivity contribution in [3.8, 4) is 5.75 Å². The van der Waals surface area contributed by atoms with Gasteiger partial charge in [-0.2, -0.15) is 0 Å². The number of benzene rings is 2. The van der Waals surface area contributed by atoms with Crippen LogP contribution < -0.4 is 10.1 Å². The molecule has 41 heavy (non-hydrogen) atoms. The normalized spacial score (nSPS) is 22.4. The molecular weight excluding hydrogens is 538 g/mol. The smallest absolute Gasteiger partial charge is 0.303 e. The highest BCUT2D eigenvalue weighted by Gasteiger charge is 2.53. The molecule has 0 saturated carbocycles. The highest BCUT2D eigenvalue weighted by atomic mass is 16.7. The van der Waals surface area contributed by atoms with Crippen LogP contribution in [0.5, 0.6) is 5.75 Å². The average Bonchev–Trinajstić information content (AvgIpc) is 2.91. The molecule has 0 bridgehead atoms. The number of rotatable bonds is 10. The van der Waals surface area contributed by atoms with Crippen molar-refractivity contribution in [2.24, 2.45) is 0 Å². The Hall–Kier alpha value is -4.45. The van der Waals surface area contributed by atoms with Gasteiger partial charge < -0.3 is 33.7 Å². The molecule has 1 N–H and O–H groups in total. The van der Waals surface area contributed by atoms with Crippen LogP contribution in [-0.2, 0) is 42.9 Å². The van der Waals surface area contributed by atoms with E-state index in [-0.39, 0.29) is 24.3 Å². The first-order valence-corrected chi connectivity index (χ1v) is 12.9. The molecule has 2 aromatic rings. The van der Waals surface area contributed by atoms with E-state index in [1.54, 1.807) is 0 Å². The molecule has 1 amide bonds. The topological polar surface area (TPSA) is 153 Å². The molecule has 0 aromatic heterocycles. The largest absolute Gasteiger partial charge is 0.463 e. The molecule has 0 aliphatic carbocycles. The molecule has 1 heterocycles. The van der Waals surface area contributed by atoms with Crippen molar-refractivity contribution < 1.29 is 52.4 Å². The lowest BCUT2D eigenvalue weighted by atomic mass is 9.98. The Bertz CT molecular complexity index is 1230. The molecule has 1 aliphatic rings. The number of amides is 1. The van der Waals surface area contributed by atoms with E-state index in [9.17, 15) is 24.0 Å². The zero-order chi connectivity index (χ0) is 30.1. The van der Waals surface area contributed by atoms with Crippen molar-refractivity contribution in [3.05, 3.63) is 65.7 Å². The molecule has 6 atom stereocenters. The summed E-state index contributed by atoms with van der Waals surface area (Å²) in [6.45, 7) is 6.07. The predicted molar refractivity (Wildman–Crippen MR) is 141 cm³/mol. The van der Waals surface area contributed by atoms with Gasteiger partial charge in [0.15, 0.2) is 12.2 Å². The lowest BCUT2D eigenvalue weighted by molar-refractivity contribution is -0.288. The van der Waals surface area contributed by atoms with Gasteiger partial charge in [-0.15, -0.1) is 0 Å². The van der Waals surface area contributed by atoms with Gasteiger partial charge in [-0.05, 0) is 36.8 Å². The van der Waals surface area contributed by atoms with E-state index in [1.165, 1.54) is 31.2 Å². The van der Waals surface area contributed by atoms with Gasteiger partial charge in [0.1, 0.15) is 18.5 Å².